The maximum absolute atomic E-state index is 12.7. The van der Waals surface area contributed by atoms with Gasteiger partial charge in [0.15, 0.2) is 0 Å². The standard InChI is InChI=1S/C17H33N3O2/c1-13-12-19(2)11-10-15(13)20(3)17(21)18-14-8-6-5-7-9-16(14)22-4/h13-16H,5-12H2,1-4H3,(H,18,21). The normalized spacial score (nSPS) is 34.0. The molecule has 0 aromatic carbocycles. The molecule has 22 heavy (non-hydrogen) atoms. The van der Waals surface area contributed by atoms with E-state index in [1.165, 1.54) is 19.3 Å². The Labute approximate surface area is 135 Å². The van der Waals surface area contributed by atoms with E-state index in [9.17, 15) is 4.79 Å². The first-order chi connectivity index (χ1) is 10.5. The maximum atomic E-state index is 12.7. The number of nitrogens with zero attached hydrogens (tertiary/aromatic N) is 2. The van der Waals surface area contributed by atoms with Crippen LogP contribution < -0.4 is 5.32 Å². The third-order valence-electron chi connectivity index (χ3n) is 5.45. The van der Waals surface area contributed by atoms with Crippen LogP contribution in [0.25, 0.3) is 0 Å². The van der Waals surface area contributed by atoms with E-state index in [2.05, 4.69) is 24.2 Å². The van der Waals surface area contributed by atoms with Gasteiger partial charge < -0.3 is 19.9 Å². The van der Waals surface area contributed by atoms with Gasteiger partial charge in [-0.05, 0) is 38.8 Å². The molecule has 2 amide bonds. The smallest absolute Gasteiger partial charge is 0.317 e. The van der Waals surface area contributed by atoms with Crippen molar-refractivity contribution in [2.45, 2.75) is 63.6 Å². The van der Waals surface area contributed by atoms with Crippen molar-refractivity contribution in [1.82, 2.24) is 15.1 Å². The van der Waals surface area contributed by atoms with Gasteiger partial charge in [0.2, 0.25) is 0 Å². The molecule has 1 saturated carbocycles. The Morgan fingerprint density at radius 2 is 1.95 bits per heavy atom. The zero-order valence-corrected chi connectivity index (χ0v) is 14.7. The third-order valence-corrected chi connectivity index (χ3v) is 5.45. The molecule has 2 aliphatic rings. The van der Waals surface area contributed by atoms with Crippen molar-refractivity contribution in [3.63, 3.8) is 0 Å². The number of rotatable bonds is 3. The minimum atomic E-state index is 0.0651. The van der Waals surface area contributed by atoms with Crippen LogP contribution in [-0.2, 0) is 4.74 Å². The number of ether oxygens (including phenoxy) is 1. The molecule has 2 fully saturated rings. The van der Waals surface area contributed by atoms with E-state index in [1.807, 2.05) is 11.9 Å². The highest BCUT2D eigenvalue weighted by atomic mass is 16.5. The molecule has 1 aliphatic carbocycles. The number of hydrogen-bond acceptors (Lipinski definition) is 3. The molecule has 1 aliphatic heterocycles. The van der Waals surface area contributed by atoms with Gasteiger partial charge in [0.1, 0.15) is 0 Å². The van der Waals surface area contributed by atoms with Gasteiger partial charge in [-0.1, -0.05) is 26.2 Å². The lowest BCUT2D eigenvalue weighted by molar-refractivity contribution is 0.0594. The Hall–Kier alpha value is -0.810. The summed E-state index contributed by atoms with van der Waals surface area (Å²) in [6.07, 6.45) is 6.92. The van der Waals surface area contributed by atoms with Gasteiger partial charge in [0, 0.05) is 26.7 Å². The van der Waals surface area contributed by atoms with Gasteiger partial charge >= 0.3 is 6.03 Å². The molecule has 4 atom stereocenters. The first-order valence-corrected chi connectivity index (χ1v) is 8.77. The molecular weight excluding hydrogens is 278 g/mol. The minimum absolute atomic E-state index is 0.0651. The molecule has 0 bridgehead atoms. The average molecular weight is 311 g/mol. The molecule has 5 heteroatoms. The van der Waals surface area contributed by atoms with Crippen LogP contribution >= 0.6 is 0 Å². The summed E-state index contributed by atoms with van der Waals surface area (Å²) in [5.41, 5.74) is 0. The second kappa shape index (κ2) is 8.16. The van der Waals surface area contributed by atoms with Crippen LogP contribution in [0.1, 0.15) is 45.4 Å². The third kappa shape index (κ3) is 4.35. The number of amides is 2. The Bertz CT molecular complexity index is 364. The van der Waals surface area contributed by atoms with E-state index in [4.69, 9.17) is 4.74 Å². The van der Waals surface area contributed by atoms with E-state index in [-0.39, 0.29) is 18.2 Å². The van der Waals surface area contributed by atoms with Gasteiger partial charge in [0.05, 0.1) is 12.1 Å². The molecule has 0 radical (unpaired) electrons. The lowest BCUT2D eigenvalue weighted by atomic mass is 9.93. The molecule has 2 rings (SSSR count). The molecule has 128 valence electrons. The van der Waals surface area contributed by atoms with Gasteiger partial charge in [-0.2, -0.15) is 0 Å². The van der Waals surface area contributed by atoms with Gasteiger partial charge in [-0.25, -0.2) is 4.79 Å². The lowest BCUT2D eigenvalue weighted by Gasteiger charge is -2.40. The quantitative estimate of drug-likeness (QED) is 0.814. The SMILES string of the molecule is COC1CCCCCC1NC(=O)N(C)C1CCN(C)CC1C. The van der Waals surface area contributed by atoms with Crippen molar-refractivity contribution >= 4 is 6.03 Å². The van der Waals surface area contributed by atoms with Gasteiger partial charge in [0.25, 0.3) is 0 Å². The summed E-state index contributed by atoms with van der Waals surface area (Å²) in [5.74, 6) is 0.516. The fourth-order valence-corrected chi connectivity index (χ4v) is 4.05. The fourth-order valence-electron chi connectivity index (χ4n) is 4.05. The topological polar surface area (TPSA) is 44.8 Å². The zero-order chi connectivity index (χ0) is 16.1. The number of likely N-dealkylation sites (tertiary alicyclic amines) is 1. The predicted molar refractivity (Wildman–Crippen MR) is 89.0 cm³/mol. The van der Waals surface area contributed by atoms with Gasteiger partial charge in [-0.15, -0.1) is 0 Å². The van der Waals surface area contributed by atoms with Crippen molar-refractivity contribution in [3.8, 4) is 0 Å². The van der Waals surface area contributed by atoms with E-state index in [0.717, 1.165) is 32.4 Å². The summed E-state index contributed by atoms with van der Waals surface area (Å²) in [7, 11) is 5.86. The fraction of sp³-hybridized carbons (Fsp3) is 0.941. The highest BCUT2D eigenvalue weighted by molar-refractivity contribution is 5.74. The molecular formula is C17H33N3O2. The van der Waals surface area contributed by atoms with Crippen molar-refractivity contribution in [2.24, 2.45) is 5.92 Å². The molecule has 4 unspecified atom stereocenters. The van der Waals surface area contributed by atoms with Crippen LogP contribution in [0.15, 0.2) is 0 Å². The monoisotopic (exact) mass is 311 g/mol. The Morgan fingerprint density at radius 3 is 2.64 bits per heavy atom. The van der Waals surface area contributed by atoms with Crippen LogP contribution in [0.4, 0.5) is 4.79 Å². The zero-order valence-electron chi connectivity index (χ0n) is 14.7. The predicted octanol–water partition coefficient (Wildman–Crippen LogP) is 2.32. The summed E-state index contributed by atoms with van der Waals surface area (Å²) in [6, 6.07) is 0.558. The van der Waals surface area contributed by atoms with Crippen molar-refractivity contribution in [2.75, 3.05) is 34.3 Å². The summed E-state index contributed by atoms with van der Waals surface area (Å²) in [4.78, 5) is 16.9. The number of nitrogens with one attached hydrogen (secondary N) is 1. The van der Waals surface area contributed by atoms with E-state index >= 15 is 0 Å². The molecule has 0 aromatic rings. The number of urea groups is 1. The molecule has 0 aromatic heterocycles. The summed E-state index contributed by atoms with van der Waals surface area (Å²) >= 11 is 0. The molecule has 1 N–H and O–H groups in total. The first-order valence-electron chi connectivity index (χ1n) is 8.77. The highest BCUT2D eigenvalue weighted by Crippen LogP contribution is 2.23. The number of methoxy groups -OCH3 is 1. The molecule has 0 spiro atoms. The highest BCUT2D eigenvalue weighted by Gasteiger charge is 2.32. The largest absolute Gasteiger partial charge is 0.379 e. The van der Waals surface area contributed by atoms with Crippen LogP contribution in [0.5, 0.6) is 0 Å². The summed E-state index contributed by atoms with van der Waals surface area (Å²) < 4.78 is 5.61. The number of piperidine rings is 1. The second-order valence-electron chi connectivity index (χ2n) is 7.17. The maximum Gasteiger partial charge on any atom is 0.317 e. The Balaban J connectivity index is 1.92. The van der Waals surface area contributed by atoms with Gasteiger partial charge in [-0.3, -0.25) is 0 Å². The van der Waals surface area contributed by atoms with E-state index in [1.54, 1.807) is 7.11 Å². The average Bonchev–Trinajstić information content (AvgIpc) is 2.71. The van der Waals surface area contributed by atoms with Crippen molar-refractivity contribution in [3.05, 3.63) is 0 Å². The van der Waals surface area contributed by atoms with Crippen LogP contribution in [-0.4, -0.2) is 68.3 Å². The lowest BCUT2D eigenvalue weighted by Crippen LogP contribution is -2.55. The minimum Gasteiger partial charge on any atom is -0.379 e. The van der Waals surface area contributed by atoms with Crippen molar-refractivity contribution < 1.29 is 9.53 Å². The van der Waals surface area contributed by atoms with E-state index < -0.39 is 0 Å². The number of carbonyl (C=O) groups excluding carboxylic acids is 1. The Kier molecular flexibility index (Phi) is 6.50. The molecule has 5 nitrogen and oxygen atoms in total. The number of hydrogen-bond donors (Lipinski definition) is 1. The molecule has 1 saturated heterocycles. The van der Waals surface area contributed by atoms with Crippen molar-refractivity contribution in [1.29, 1.82) is 0 Å². The van der Waals surface area contributed by atoms with Crippen LogP contribution in [0.3, 0.4) is 0 Å². The summed E-state index contributed by atoms with van der Waals surface area (Å²) in [6.45, 7) is 4.37. The number of carbonyl (C=O) groups is 1. The summed E-state index contributed by atoms with van der Waals surface area (Å²) in [5, 5.41) is 3.24. The molecule has 1 heterocycles. The van der Waals surface area contributed by atoms with E-state index in [0.29, 0.717) is 12.0 Å². The van der Waals surface area contributed by atoms with Crippen LogP contribution in [0, 0.1) is 5.92 Å². The Morgan fingerprint density at radius 1 is 1.23 bits per heavy atom. The first kappa shape index (κ1) is 17.5. The van der Waals surface area contributed by atoms with Crippen LogP contribution in [0.2, 0.25) is 0 Å². The second-order valence-corrected chi connectivity index (χ2v) is 7.17.